The molecule has 0 fully saturated rings. The lowest BCUT2D eigenvalue weighted by atomic mass is 10.1. The number of phenols is 1. The zero-order valence-corrected chi connectivity index (χ0v) is 12.7. The van der Waals surface area contributed by atoms with Crippen LogP contribution in [0.4, 0.5) is 0 Å². The van der Waals surface area contributed by atoms with Gasteiger partial charge in [-0.15, -0.1) is 0 Å². The Labute approximate surface area is 114 Å². The molecule has 6 heteroatoms. The minimum Gasteiger partial charge on any atom is -0.507 e. The van der Waals surface area contributed by atoms with E-state index in [4.69, 9.17) is 13.6 Å². The van der Waals surface area contributed by atoms with Gasteiger partial charge in [0.1, 0.15) is 5.75 Å². The Bertz CT molecular complexity index is 439. The van der Waals surface area contributed by atoms with E-state index >= 15 is 0 Å². The topological polar surface area (TPSA) is 65.0 Å². The van der Waals surface area contributed by atoms with Crippen LogP contribution in [0.1, 0.15) is 30.5 Å². The van der Waals surface area contributed by atoms with Gasteiger partial charge in [0.15, 0.2) is 0 Å². The van der Waals surface area contributed by atoms with E-state index in [0.717, 1.165) is 16.7 Å². The van der Waals surface area contributed by atoms with Crippen molar-refractivity contribution in [1.29, 1.82) is 0 Å². The third-order valence-electron chi connectivity index (χ3n) is 2.51. The van der Waals surface area contributed by atoms with Gasteiger partial charge in [0, 0.05) is 0 Å². The second-order valence-corrected chi connectivity index (χ2v) is 5.80. The summed E-state index contributed by atoms with van der Waals surface area (Å²) in [5, 5.41) is 9.68. The van der Waals surface area contributed by atoms with Gasteiger partial charge < -0.3 is 5.11 Å². The third-order valence-corrected chi connectivity index (χ3v) is 4.11. The molecule has 1 rings (SSSR count). The summed E-state index contributed by atoms with van der Waals surface area (Å²) in [5.41, 5.74) is 2.31. The molecule has 0 saturated carbocycles. The molecule has 108 valence electrons. The fourth-order valence-corrected chi connectivity index (χ4v) is 2.87. The number of hydrogen-bond donors (Lipinski definition) is 1. The van der Waals surface area contributed by atoms with Gasteiger partial charge in [-0.1, -0.05) is 12.1 Å². The Morgan fingerprint density at radius 1 is 1.05 bits per heavy atom. The number of benzene rings is 1. The molecular weight excluding hydrogens is 267 g/mol. The van der Waals surface area contributed by atoms with Gasteiger partial charge in [-0.3, -0.25) is 13.6 Å². The Balaban J connectivity index is 2.77. The van der Waals surface area contributed by atoms with Crippen LogP contribution in [0.3, 0.4) is 0 Å². The van der Waals surface area contributed by atoms with Gasteiger partial charge in [-0.05, 0) is 44.4 Å². The molecule has 0 aliphatic heterocycles. The van der Waals surface area contributed by atoms with Crippen LogP contribution < -0.4 is 0 Å². The molecule has 0 atom stereocenters. The van der Waals surface area contributed by atoms with Crippen LogP contribution >= 0.6 is 7.82 Å². The highest BCUT2D eigenvalue weighted by molar-refractivity contribution is 7.48. The molecule has 0 unspecified atom stereocenters. The summed E-state index contributed by atoms with van der Waals surface area (Å²) in [6.45, 7) is 7.68. The SMILES string of the molecule is CCOP(=O)(OCC)OCc1cc(C)c(O)c(C)c1. The standard InChI is InChI=1S/C13H21O5P/c1-5-16-19(15,17-6-2)18-9-12-7-10(3)13(14)11(4)8-12/h7-8,14H,5-6,9H2,1-4H3. The van der Waals surface area contributed by atoms with Gasteiger partial charge in [0.2, 0.25) is 0 Å². The molecule has 1 aromatic carbocycles. The van der Waals surface area contributed by atoms with Crippen molar-refractivity contribution in [3.8, 4) is 5.75 Å². The number of aromatic hydroxyl groups is 1. The van der Waals surface area contributed by atoms with E-state index in [0.29, 0.717) is 0 Å². The first kappa shape index (κ1) is 16.2. The molecule has 0 aliphatic carbocycles. The average Bonchev–Trinajstić information content (AvgIpc) is 2.34. The minimum atomic E-state index is -3.49. The largest absolute Gasteiger partial charge is 0.507 e. The summed E-state index contributed by atoms with van der Waals surface area (Å²) in [4.78, 5) is 0. The number of hydrogen-bond acceptors (Lipinski definition) is 5. The number of phenolic OH excluding ortho intramolecular Hbond substituents is 1. The molecule has 1 N–H and O–H groups in total. The smallest absolute Gasteiger partial charge is 0.475 e. The van der Waals surface area contributed by atoms with Gasteiger partial charge in [-0.2, -0.15) is 0 Å². The molecule has 0 spiro atoms. The molecule has 0 aromatic heterocycles. The molecule has 0 aliphatic rings. The Kier molecular flexibility index (Phi) is 6.01. The minimum absolute atomic E-state index is 0.110. The lowest BCUT2D eigenvalue weighted by Crippen LogP contribution is -2.01. The zero-order chi connectivity index (χ0) is 14.5. The second kappa shape index (κ2) is 7.06. The maximum atomic E-state index is 12.1. The van der Waals surface area contributed by atoms with E-state index in [1.807, 2.05) is 0 Å². The predicted molar refractivity (Wildman–Crippen MR) is 73.2 cm³/mol. The molecular formula is C13H21O5P. The van der Waals surface area contributed by atoms with Crippen molar-refractivity contribution in [2.75, 3.05) is 13.2 Å². The highest BCUT2D eigenvalue weighted by atomic mass is 31.2. The monoisotopic (exact) mass is 288 g/mol. The van der Waals surface area contributed by atoms with Crippen molar-refractivity contribution in [3.05, 3.63) is 28.8 Å². The highest BCUT2D eigenvalue weighted by Crippen LogP contribution is 2.50. The van der Waals surface area contributed by atoms with Crippen LogP contribution in [0.2, 0.25) is 0 Å². The third kappa shape index (κ3) is 4.62. The van der Waals surface area contributed by atoms with E-state index in [-0.39, 0.29) is 25.6 Å². The van der Waals surface area contributed by atoms with E-state index in [2.05, 4.69) is 0 Å². The normalized spacial score (nSPS) is 11.8. The van der Waals surface area contributed by atoms with Crippen LogP contribution in [0.15, 0.2) is 12.1 Å². The Morgan fingerprint density at radius 3 is 1.95 bits per heavy atom. The summed E-state index contributed by atoms with van der Waals surface area (Å²) >= 11 is 0. The van der Waals surface area contributed by atoms with E-state index in [1.54, 1.807) is 39.8 Å². The second-order valence-electron chi connectivity index (χ2n) is 4.13. The molecule has 19 heavy (non-hydrogen) atoms. The predicted octanol–water partition coefficient (Wildman–Crippen LogP) is 3.71. The van der Waals surface area contributed by atoms with Crippen LogP contribution in [-0.2, 0) is 24.7 Å². The first-order chi connectivity index (χ1) is 8.91. The average molecular weight is 288 g/mol. The van der Waals surface area contributed by atoms with Crippen molar-refractivity contribution < 1.29 is 23.2 Å². The van der Waals surface area contributed by atoms with E-state index < -0.39 is 7.82 Å². The molecule has 5 nitrogen and oxygen atoms in total. The maximum Gasteiger partial charge on any atom is 0.475 e. The molecule has 0 amide bonds. The fourth-order valence-electron chi connectivity index (χ4n) is 1.71. The Morgan fingerprint density at radius 2 is 1.53 bits per heavy atom. The van der Waals surface area contributed by atoms with Crippen molar-refractivity contribution in [3.63, 3.8) is 0 Å². The zero-order valence-electron chi connectivity index (χ0n) is 11.8. The van der Waals surface area contributed by atoms with Gasteiger partial charge in [0.05, 0.1) is 19.8 Å². The number of aryl methyl sites for hydroxylation is 2. The Hall–Kier alpha value is -0.870. The summed E-state index contributed by atoms with van der Waals surface area (Å²) in [7, 11) is -3.49. The van der Waals surface area contributed by atoms with Gasteiger partial charge in [0.25, 0.3) is 0 Å². The maximum absolute atomic E-state index is 12.1. The van der Waals surface area contributed by atoms with E-state index in [9.17, 15) is 9.67 Å². The van der Waals surface area contributed by atoms with Crippen LogP contribution in [0, 0.1) is 13.8 Å². The first-order valence-electron chi connectivity index (χ1n) is 6.24. The quantitative estimate of drug-likeness (QED) is 0.775. The summed E-state index contributed by atoms with van der Waals surface area (Å²) in [5.74, 6) is 0.265. The summed E-state index contributed by atoms with van der Waals surface area (Å²) < 4.78 is 27.5. The lowest BCUT2D eigenvalue weighted by molar-refractivity contribution is 0.116. The van der Waals surface area contributed by atoms with Crippen molar-refractivity contribution in [1.82, 2.24) is 0 Å². The van der Waals surface area contributed by atoms with Crippen LogP contribution in [-0.4, -0.2) is 18.3 Å². The lowest BCUT2D eigenvalue weighted by Gasteiger charge is -2.17. The molecule has 0 bridgehead atoms. The van der Waals surface area contributed by atoms with Crippen LogP contribution in [0.5, 0.6) is 5.75 Å². The first-order valence-corrected chi connectivity index (χ1v) is 7.70. The van der Waals surface area contributed by atoms with Crippen molar-refractivity contribution in [2.45, 2.75) is 34.3 Å². The van der Waals surface area contributed by atoms with E-state index in [1.165, 1.54) is 0 Å². The summed E-state index contributed by atoms with van der Waals surface area (Å²) in [6, 6.07) is 3.56. The molecule has 1 aromatic rings. The van der Waals surface area contributed by atoms with Gasteiger partial charge >= 0.3 is 7.82 Å². The molecule has 0 heterocycles. The molecule has 0 radical (unpaired) electrons. The number of phosphoric acid groups is 1. The fraction of sp³-hybridized carbons (Fsp3) is 0.538. The van der Waals surface area contributed by atoms with Crippen molar-refractivity contribution in [2.24, 2.45) is 0 Å². The molecule has 0 saturated heterocycles. The summed E-state index contributed by atoms with van der Waals surface area (Å²) in [6.07, 6.45) is 0. The number of rotatable bonds is 7. The number of phosphoric ester groups is 1. The van der Waals surface area contributed by atoms with Gasteiger partial charge in [-0.25, -0.2) is 4.57 Å². The van der Waals surface area contributed by atoms with Crippen LogP contribution in [0.25, 0.3) is 0 Å². The highest BCUT2D eigenvalue weighted by Gasteiger charge is 2.25. The van der Waals surface area contributed by atoms with Crippen molar-refractivity contribution >= 4 is 7.82 Å².